The highest BCUT2D eigenvalue weighted by Crippen LogP contribution is 2.37. The molecule has 0 unspecified atom stereocenters. The number of ether oxygens (including phenoxy) is 3. The van der Waals surface area contributed by atoms with Crippen molar-refractivity contribution in [3.8, 4) is 12.3 Å². The predicted octanol–water partition coefficient (Wildman–Crippen LogP) is 3.50. The second-order valence-electron chi connectivity index (χ2n) is 8.40. The molecular weight excluding hydrogens is 360 g/mol. The Balaban J connectivity index is 2.06. The summed E-state index contributed by atoms with van der Waals surface area (Å²) in [6.07, 6.45) is 2.26. The first kappa shape index (κ1) is 22.1. The number of hydrogen-bond acceptors (Lipinski definition) is 5. The average molecular weight is 393 g/mol. The lowest BCUT2D eigenvalue weighted by Gasteiger charge is -2.37. The van der Waals surface area contributed by atoms with Crippen LogP contribution >= 0.6 is 0 Å². The van der Waals surface area contributed by atoms with Crippen LogP contribution in [0.4, 0.5) is 0 Å². The SMILES string of the molecule is C#C[C@H](O[C@@H]1[C@@H](OC)O[C@@H](CO[Si](C)(C)C(C)(C)C)[C@@H]1O)c1ccccc1. The molecule has 1 aliphatic heterocycles. The molecule has 5 nitrogen and oxygen atoms in total. The van der Waals surface area contributed by atoms with Crippen LogP contribution in [0.5, 0.6) is 0 Å². The van der Waals surface area contributed by atoms with E-state index >= 15 is 0 Å². The number of terminal acetylenes is 1. The number of hydrogen-bond donors (Lipinski definition) is 1. The quantitative estimate of drug-likeness (QED) is 0.568. The van der Waals surface area contributed by atoms with Crippen LogP contribution in [-0.2, 0) is 18.6 Å². The molecule has 0 spiro atoms. The van der Waals surface area contributed by atoms with Crippen molar-refractivity contribution in [3.05, 3.63) is 35.9 Å². The van der Waals surface area contributed by atoms with E-state index in [9.17, 15) is 5.11 Å². The maximum Gasteiger partial charge on any atom is 0.192 e. The molecule has 0 radical (unpaired) electrons. The predicted molar refractivity (Wildman–Crippen MR) is 108 cm³/mol. The number of aliphatic hydroxyl groups is 1. The smallest absolute Gasteiger partial charge is 0.192 e. The lowest BCUT2D eigenvalue weighted by Crippen LogP contribution is -2.44. The minimum Gasteiger partial charge on any atom is -0.414 e. The number of benzene rings is 1. The lowest BCUT2D eigenvalue weighted by molar-refractivity contribution is -0.171. The Labute approximate surface area is 164 Å². The van der Waals surface area contributed by atoms with Gasteiger partial charge < -0.3 is 23.7 Å². The topological polar surface area (TPSA) is 57.2 Å². The van der Waals surface area contributed by atoms with E-state index in [1.807, 2.05) is 30.3 Å². The Morgan fingerprint density at radius 1 is 1.26 bits per heavy atom. The Morgan fingerprint density at radius 2 is 1.89 bits per heavy atom. The fraction of sp³-hybridized carbons (Fsp3) is 0.619. The zero-order chi connectivity index (χ0) is 20.2. The van der Waals surface area contributed by atoms with Gasteiger partial charge >= 0.3 is 0 Å². The molecule has 1 heterocycles. The molecule has 5 atom stereocenters. The molecule has 0 saturated carbocycles. The van der Waals surface area contributed by atoms with E-state index in [0.29, 0.717) is 6.61 Å². The molecule has 1 N–H and O–H groups in total. The van der Waals surface area contributed by atoms with Crippen LogP contribution in [0.1, 0.15) is 32.4 Å². The third kappa shape index (κ3) is 5.20. The van der Waals surface area contributed by atoms with Crippen LogP contribution in [0.2, 0.25) is 18.1 Å². The van der Waals surface area contributed by atoms with Gasteiger partial charge in [-0.25, -0.2) is 0 Å². The van der Waals surface area contributed by atoms with Crippen molar-refractivity contribution in [2.45, 2.75) is 69.6 Å². The number of rotatable bonds is 7. The second-order valence-corrected chi connectivity index (χ2v) is 13.2. The Kier molecular flexibility index (Phi) is 7.25. The zero-order valence-corrected chi connectivity index (χ0v) is 18.1. The maximum absolute atomic E-state index is 10.8. The summed E-state index contributed by atoms with van der Waals surface area (Å²) in [5, 5.41) is 10.9. The van der Waals surface area contributed by atoms with Crippen LogP contribution in [0.3, 0.4) is 0 Å². The fourth-order valence-electron chi connectivity index (χ4n) is 2.68. The van der Waals surface area contributed by atoms with Crippen molar-refractivity contribution >= 4 is 8.32 Å². The summed E-state index contributed by atoms with van der Waals surface area (Å²) in [6.45, 7) is 11.1. The van der Waals surface area contributed by atoms with Gasteiger partial charge in [0, 0.05) is 7.11 Å². The van der Waals surface area contributed by atoms with Crippen molar-refractivity contribution in [3.63, 3.8) is 0 Å². The van der Waals surface area contributed by atoms with E-state index in [-0.39, 0.29) is 5.04 Å². The van der Waals surface area contributed by atoms with Crippen LogP contribution in [0.25, 0.3) is 0 Å². The lowest BCUT2D eigenvalue weighted by atomic mass is 10.1. The van der Waals surface area contributed by atoms with Gasteiger partial charge in [-0.05, 0) is 23.7 Å². The summed E-state index contributed by atoms with van der Waals surface area (Å²) >= 11 is 0. The van der Waals surface area contributed by atoms with Crippen LogP contribution < -0.4 is 0 Å². The molecule has 0 aromatic heterocycles. The first-order chi connectivity index (χ1) is 12.6. The molecule has 1 fully saturated rings. The van der Waals surface area contributed by atoms with Crippen molar-refractivity contribution in [1.29, 1.82) is 0 Å². The first-order valence-electron chi connectivity index (χ1n) is 9.27. The summed E-state index contributed by atoms with van der Waals surface area (Å²) in [5.41, 5.74) is 0.850. The highest BCUT2D eigenvalue weighted by Gasteiger charge is 2.47. The van der Waals surface area contributed by atoms with Gasteiger partial charge in [-0.1, -0.05) is 57.0 Å². The van der Waals surface area contributed by atoms with Crippen molar-refractivity contribution in [1.82, 2.24) is 0 Å². The minimum atomic E-state index is -1.95. The van der Waals surface area contributed by atoms with Gasteiger partial charge in [0.1, 0.15) is 24.4 Å². The number of methoxy groups -OCH3 is 1. The highest BCUT2D eigenvalue weighted by molar-refractivity contribution is 6.74. The monoisotopic (exact) mass is 392 g/mol. The third-order valence-electron chi connectivity index (χ3n) is 5.49. The minimum absolute atomic E-state index is 0.0784. The van der Waals surface area contributed by atoms with Gasteiger partial charge in [-0.3, -0.25) is 0 Å². The Bertz CT molecular complexity index is 634. The molecule has 1 aliphatic rings. The summed E-state index contributed by atoms with van der Waals surface area (Å²) in [5.74, 6) is 2.63. The first-order valence-corrected chi connectivity index (χ1v) is 12.2. The van der Waals surface area contributed by atoms with Crippen LogP contribution in [0, 0.1) is 12.3 Å². The van der Waals surface area contributed by atoms with Crippen molar-refractivity contribution < 1.29 is 23.7 Å². The molecule has 1 aromatic rings. The van der Waals surface area contributed by atoms with Crippen LogP contribution in [-0.4, -0.2) is 51.7 Å². The molecular formula is C21H32O5Si. The molecule has 27 heavy (non-hydrogen) atoms. The normalized spacial score (nSPS) is 27.3. The van der Waals surface area contributed by atoms with E-state index in [0.717, 1.165) is 5.56 Å². The Morgan fingerprint density at radius 3 is 2.41 bits per heavy atom. The molecule has 0 aliphatic carbocycles. The van der Waals surface area contributed by atoms with E-state index in [2.05, 4.69) is 39.8 Å². The summed E-state index contributed by atoms with van der Waals surface area (Å²) in [6, 6.07) is 9.50. The summed E-state index contributed by atoms with van der Waals surface area (Å²) < 4.78 is 23.5. The fourth-order valence-corrected chi connectivity index (χ4v) is 3.69. The third-order valence-corrected chi connectivity index (χ3v) is 9.99. The van der Waals surface area contributed by atoms with Gasteiger partial charge in [0.25, 0.3) is 0 Å². The molecule has 1 aromatic carbocycles. The van der Waals surface area contributed by atoms with Gasteiger partial charge in [-0.2, -0.15) is 0 Å². The van der Waals surface area contributed by atoms with Crippen molar-refractivity contribution in [2.24, 2.45) is 0 Å². The summed E-state index contributed by atoms with van der Waals surface area (Å²) in [4.78, 5) is 0. The molecule has 0 amide bonds. The van der Waals surface area contributed by atoms with E-state index in [1.54, 1.807) is 0 Å². The largest absolute Gasteiger partial charge is 0.414 e. The van der Waals surface area contributed by atoms with E-state index in [4.69, 9.17) is 25.1 Å². The van der Waals surface area contributed by atoms with Crippen molar-refractivity contribution in [2.75, 3.05) is 13.7 Å². The van der Waals surface area contributed by atoms with Gasteiger partial charge in [-0.15, -0.1) is 6.42 Å². The maximum atomic E-state index is 10.8. The zero-order valence-electron chi connectivity index (χ0n) is 17.1. The second kappa shape index (κ2) is 8.87. The molecule has 0 bridgehead atoms. The van der Waals surface area contributed by atoms with Gasteiger partial charge in [0.05, 0.1) is 6.61 Å². The molecule has 6 heteroatoms. The standard InChI is InChI=1S/C21H32O5Si/c1-8-16(15-12-10-9-11-13-15)25-19-18(22)17(26-20(19)23-5)14-24-27(6,7)21(2,3)4/h1,9-13,16-20,22H,14H2,2-7H3/t16-,17-,18-,19-,20-/m0/s1. The Hall–Kier alpha value is -1.20. The highest BCUT2D eigenvalue weighted by atomic mass is 28.4. The average Bonchev–Trinajstić information content (AvgIpc) is 2.92. The van der Waals surface area contributed by atoms with Gasteiger partial charge in [0.2, 0.25) is 0 Å². The van der Waals surface area contributed by atoms with Gasteiger partial charge in [0.15, 0.2) is 14.6 Å². The molecule has 2 rings (SSSR count). The summed E-state index contributed by atoms with van der Waals surface area (Å²) in [7, 11) is -0.427. The van der Waals surface area contributed by atoms with Crippen LogP contribution in [0.15, 0.2) is 30.3 Å². The van der Waals surface area contributed by atoms with E-state index < -0.39 is 39.0 Å². The van der Waals surface area contributed by atoms with E-state index in [1.165, 1.54) is 7.11 Å². The number of aliphatic hydroxyl groups excluding tert-OH is 1. The molecule has 1 saturated heterocycles. The molecule has 150 valence electrons.